The SMILES string of the molecule is C[C@@H](C(=O)N1CCC(O)(c2ccccc2)CC1)[C@H]1NC(=O)[C@@H]1CO. The quantitative estimate of drug-likeness (QED) is 0.689. The van der Waals surface area contributed by atoms with Gasteiger partial charge >= 0.3 is 0 Å². The molecule has 2 heterocycles. The fraction of sp³-hybridized carbons (Fsp3) is 0.556. The topological polar surface area (TPSA) is 89.9 Å². The van der Waals surface area contributed by atoms with E-state index in [4.69, 9.17) is 0 Å². The van der Waals surface area contributed by atoms with E-state index in [-0.39, 0.29) is 30.4 Å². The van der Waals surface area contributed by atoms with E-state index in [1.807, 2.05) is 30.3 Å². The maximum Gasteiger partial charge on any atom is 0.227 e. The van der Waals surface area contributed by atoms with Crippen LogP contribution in [-0.2, 0) is 15.2 Å². The lowest BCUT2D eigenvalue weighted by atomic mass is 9.80. The van der Waals surface area contributed by atoms with E-state index in [9.17, 15) is 19.8 Å². The number of hydrogen-bond acceptors (Lipinski definition) is 4. The molecule has 24 heavy (non-hydrogen) atoms. The average Bonchev–Trinajstić information content (AvgIpc) is 2.60. The Hall–Kier alpha value is -1.92. The molecule has 0 spiro atoms. The first-order valence-corrected chi connectivity index (χ1v) is 8.44. The minimum Gasteiger partial charge on any atom is -0.395 e. The van der Waals surface area contributed by atoms with Crippen LogP contribution in [0.1, 0.15) is 25.3 Å². The van der Waals surface area contributed by atoms with Crippen LogP contribution in [0.4, 0.5) is 0 Å². The van der Waals surface area contributed by atoms with E-state index in [0.29, 0.717) is 25.9 Å². The highest BCUT2D eigenvalue weighted by Crippen LogP contribution is 2.33. The molecular weight excluding hydrogens is 308 g/mol. The van der Waals surface area contributed by atoms with Crippen LogP contribution in [-0.4, -0.2) is 52.7 Å². The largest absolute Gasteiger partial charge is 0.395 e. The van der Waals surface area contributed by atoms with Crippen LogP contribution in [0.25, 0.3) is 0 Å². The Morgan fingerprint density at radius 1 is 1.33 bits per heavy atom. The van der Waals surface area contributed by atoms with Gasteiger partial charge < -0.3 is 20.4 Å². The smallest absolute Gasteiger partial charge is 0.227 e. The van der Waals surface area contributed by atoms with Gasteiger partial charge in [0.05, 0.1) is 30.1 Å². The fourth-order valence-corrected chi connectivity index (χ4v) is 3.68. The van der Waals surface area contributed by atoms with Crippen molar-refractivity contribution in [1.82, 2.24) is 10.2 Å². The normalized spacial score (nSPS) is 27.1. The first kappa shape index (κ1) is 16.9. The summed E-state index contributed by atoms with van der Waals surface area (Å²) in [7, 11) is 0. The predicted molar refractivity (Wildman–Crippen MR) is 87.8 cm³/mol. The number of aliphatic hydroxyl groups excluding tert-OH is 1. The Kier molecular flexibility index (Phi) is 4.60. The first-order chi connectivity index (χ1) is 11.5. The molecule has 130 valence electrons. The van der Waals surface area contributed by atoms with Crippen molar-refractivity contribution >= 4 is 11.8 Å². The van der Waals surface area contributed by atoms with Gasteiger partial charge in [0.1, 0.15) is 0 Å². The maximum atomic E-state index is 12.7. The molecule has 0 aliphatic carbocycles. The zero-order valence-corrected chi connectivity index (χ0v) is 13.8. The number of nitrogens with zero attached hydrogens (tertiary/aromatic N) is 1. The van der Waals surface area contributed by atoms with Gasteiger partial charge in [0.2, 0.25) is 11.8 Å². The van der Waals surface area contributed by atoms with Crippen LogP contribution < -0.4 is 5.32 Å². The van der Waals surface area contributed by atoms with Gasteiger partial charge in [0.25, 0.3) is 0 Å². The summed E-state index contributed by atoms with van der Waals surface area (Å²) < 4.78 is 0. The Morgan fingerprint density at radius 2 is 1.96 bits per heavy atom. The highest BCUT2D eigenvalue weighted by Gasteiger charge is 2.46. The molecule has 2 aliphatic heterocycles. The van der Waals surface area contributed by atoms with Gasteiger partial charge in [-0.2, -0.15) is 0 Å². The summed E-state index contributed by atoms with van der Waals surface area (Å²) in [6.07, 6.45) is 0.992. The Morgan fingerprint density at radius 3 is 2.50 bits per heavy atom. The van der Waals surface area contributed by atoms with Crippen molar-refractivity contribution in [3.05, 3.63) is 35.9 Å². The van der Waals surface area contributed by atoms with Crippen molar-refractivity contribution in [2.24, 2.45) is 11.8 Å². The number of benzene rings is 1. The molecule has 2 aliphatic rings. The fourth-order valence-electron chi connectivity index (χ4n) is 3.68. The number of amides is 2. The number of rotatable bonds is 4. The Balaban J connectivity index is 1.60. The minimum atomic E-state index is -0.889. The highest BCUT2D eigenvalue weighted by molar-refractivity contribution is 5.89. The monoisotopic (exact) mass is 332 g/mol. The molecule has 0 radical (unpaired) electrons. The molecule has 3 atom stereocenters. The van der Waals surface area contributed by atoms with Crippen molar-refractivity contribution in [2.45, 2.75) is 31.4 Å². The van der Waals surface area contributed by atoms with E-state index in [0.717, 1.165) is 5.56 Å². The van der Waals surface area contributed by atoms with Gasteiger partial charge in [-0.05, 0) is 18.4 Å². The molecule has 1 aromatic rings. The highest BCUT2D eigenvalue weighted by atomic mass is 16.3. The zero-order chi connectivity index (χ0) is 17.3. The van der Waals surface area contributed by atoms with Crippen molar-refractivity contribution in [3.63, 3.8) is 0 Å². The minimum absolute atomic E-state index is 0.0337. The molecule has 3 N–H and O–H groups in total. The van der Waals surface area contributed by atoms with Crippen molar-refractivity contribution in [2.75, 3.05) is 19.7 Å². The van der Waals surface area contributed by atoms with E-state index in [1.54, 1.807) is 11.8 Å². The number of likely N-dealkylation sites (tertiary alicyclic amines) is 1. The summed E-state index contributed by atoms with van der Waals surface area (Å²) in [6.45, 7) is 2.52. The van der Waals surface area contributed by atoms with Gasteiger partial charge in [-0.15, -0.1) is 0 Å². The number of piperidine rings is 1. The molecule has 2 fully saturated rings. The maximum absolute atomic E-state index is 12.7. The molecule has 0 unspecified atom stereocenters. The number of hydrogen-bond donors (Lipinski definition) is 3. The van der Waals surface area contributed by atoms with Gasteiger partial charge in [-0.3, -0.25) is 9.59 Å². The summed E-state index contributed by atoms with van der Waals surface area (Å²) in [5.74, 6) is -1.09. The number of carbonyl (C=O) groups excluding carboxylic acids is 2. The summed E-state index contributed by atoms with van der Waals surface area (Å²) in [5.41, 5.74) is -0.00341. The lowest BCUT2D eigenvalue weighted by molar-refractivity contribution is -0.148. The third kappa shape index (κ3) is 2.91. The lowest BCUT2D eigenvalue weighted by Gasteiger charge is -2.43. The van der Waals surface area contributed by atoms with Crippen LogP contribution in [0.2, 0.25) is 0 Å². The van der Waals surface area contributed by atoms with Crippen LogP contribution in [0.15, 0.2) is 30.3 Å². The summed E-state index contributed by atoms with van der Waals surface area (Å²) in [5, 5.41) is 22.8. The van der Waals surface area contributed by atoms with E-state index >= 15 is 0 Å². The average molecular weight is 332 g/mol. The van der Waals surface area contributed by atoms with Crippen LogP contribution in [0.3, 0.4) is 0 Å². The van der Waals surface area contributed by atoms with Crippen LogP contribution >= 0.6 is 0 Å². The van der Waals surface area contributed by atoms with E-state index in [1.165, 1.54) is 0 Å². The second-order valence-corrected chi connectivity index (χ2v) is 6.84. The number of β-lactam (4-membered cyclic amide) rings is 1. The molecule has 2 saturated heterocycles. The standard InChI is InChI=1S/C18H24N2O4/c1-12(15-14(11-21)16(22)19-15)17(23)20-9-7-18(24,8-10-20)13-5-3-2-4-6-13/h2-6,12,14-15,21,24H,7-11H2,1H3,(H,19,22)/t12-,14-,15-/m1/s1. The number of aliphatic hydroxyl groups is 2. The van der Waals surface area contributed by atoms with Crippen molar-refractivity contribution in [3.8, 4) is 0 Å². The third-order valence-electron chi connectivity index (χ3n) is 5.42. The predicted octanol–water partition coefficient (Wildman–Crippen LogP) is 0.240. The molecule has 1 aromatic carbocycles. The molecule has 2 amide bonds. The van der Waals surface area contributed by atoms with Crippen LogP contribution in [0.5, 0.6) is 0 Å². The summed E-state index contributed by atoms with van der Waals surface area (Å²) in [6, 6.07) is 9.25. The molecule has 3 rings (SSSR count). The molecule has 0 saturated carbocycles. The number of nitrogens with one attached hydrogen (secondary N) is 1. The first-order valence-electron chi connectivity index (χ1n) is 8.44. The second kappa shape index (κ2) is 6.53. The molecular formula is C18H24N2O4. The molecule has 0 aromatic heterocycles. The molecule has 6 nitrogen and oxygen atoms in total. The molecule has 0 bridgehead atoms. The van der Waals surface area contributed by atoms with Crippen molar-refractivity contribution in [1.29, 1.82) is 0 Å². The summed E-state index contributed by atoms with van der Waals surface area (Å²) >= 11 is 0. The van der Waals surface area contributed by atoms with E-state index in [2.05, 4.69) is 5.32 Å². The van der Waals surface area contributed by atoms with Gasteiger partial charge in [0.15, 0.2) is 0 Å². The number of carbonyl (C=O) groups is 2. The third-order valence-corrected chi connectivity index (χ3v) is 5.42. The Labute approximate surface area is 141 Å². The van der Waals surface area contributed by atoms with E-state index < -0.39 is 11.5 Å². The van der Waals surface area contributed by atoms with Crippen molar-refractivity contribution < 1.29 is 19.8 Å². The lowest BCUT2D eigenvalue weighted by Crippen LogP contribution is -2.64. The van der Waals surface area contributed by atoms with Gasteiger partial charge in [0, 0.05) is 13.1 Å². The van der Waals surface area contributed by atoms with Crippen LogP contribution in [0, 0.1) is 11.8 Å². The molecule has 6 heteroatoms. The second-order valence-electron chi connectivity index (χ2n) is 6.84. The van der Waals surface area contributed by atoms with Gasteiger partial charge in [-0.1, -0.05) is 37.3 Å². The zero-order valence-electron chi connectivity index (χ0n) is 13.8. The Bertz CT molecular complexity index is 611. The summed E-state index contributed by atoms with van der Waals surface area (Å²) in [4.78, 5) is 25.8. The van der Waals surface area contributed by atoms with Gasteiger partial charge in [-0.25, -0.2) is 0 Å².